The molecule has 2 aromatic carbocycles. The third-order valence-corrected chi connectivity index (χ3v) is 4.86. The second-order valence-corrected chi connectivity index (χ2v) is 6.29. The highest BCUT2D eigenvalue weighted by molar-refractivity contribution is 6.08. The maximum Gasteiger partial charge on any atom is 0.254 e. The summed E-state index contributed by atoms with van der Waals surface area (Å²) in [6.45, 7) is 4.14. The van der Waals surface area contributed by atoms with Crippen molar-refractivity contribution in [3.8, 4) is 5.75 Å². The minimum Gasteiger partial charge on any atom is -0.497 e. The first-order valence-electron chi connectivity index (χ1n) is 8.62. The Morgan fingerprint density at radius 3 is 2.68 bits per heavy atom. The van der Waals surface area contributed by atoms with Crippen LogP contribution in [0.2, 0.25) is 0 Å². The molecule has 0 bridgehead atoms. The zero-order chi connectivity index (χ0) is 17.4. The Morgan fingerprint density at radius 2 is 1.96 bits per heavy atom. The normalized spacial score (nSPS) is 14.0. The van der Waals surface area contributed by atoms with Crippen LogP contribution in [0.4, 0.5) is 0 Å². The average Bonchev–Trinajstić information content (AvgIpc) is 2.93. The van der Waals surface area contributed by atoms with E-state index in [0.717, 1.165) is 53.0 Å². The number of carbonyl (C=O) groups is 1. The van der Waals surface area contributed by atoms with Crippen molar-refractivity contribution in [2.75, 3.05) is 20.2 Å². The van der Waals surface area contributed by atoms with E-state index in [1.165, 1.54) is 0 Å². The standard InChI is InChI=1S/C20H21N3O2/c1-3-22-12-11-17-19-16(20(22)24)5-4-6-18(19)23(21-17)13-14-7-9-15(25-2)10-8-14/h4-10H,3,11-13H2,1-2H3. The van der Waals surface area contributed by atoms with Gasteiger partial charge in [0.2, 0.25) is 0 Å². The van der Waals surface area contributed by atoms with Gasteiger partial charge in [-0.25, -0.2) is 0 Å². The molecule has 5 heteroatoms. The average molecular weight is 335 g/mol. The predicted octanol–water partition coefficient (Wildman–Crippen LogP) is 3.11. The summed E-state index contributed by atoms with van der Waals surface area (Å²) in [6, 6.07) is 13.9. The summed E-state index contributed by atoms with van der Waals surface area (Å²) in [4.78, 5) is 14.7. The molecule has 1 aromatic heterocycles. The van der Waals surface area contributed by atoms with Gasteiger partial charge in [-0.05, 0) is 36.8 Å². The fraction of sp³-hybridized carbons (Fsp3) is 0.300. The lowest BCUT2D eigenvalue weighted by Gasteiger charge is -2.18. The van der Waals surface area contributed by atoms with Crippen LogP contribution < -0.4 is 4.74 Å². The molecule has 1 amide bonds. The van der Waals surface area contributed by atoms with E-state index >= 15 is 0 Å². The predicted molar refractivity (Wildman–Crippen MR) is 97.1 cm³/mol. The molecule has 0 atom stereocenters. The quantitative estimate of drug-likeness (QED) is 0.736. The van der Waals surface area contributed by atoms with Crippen LogP contribution >= 0.6 is 0 Å². The van der Waals surface area contributed by atoms with Crippen LogP contribution in [0, 0.1) is 0 Å². The van der Waals surface area contributed by atoms with Crippen LogP contribution in [0.3, 0.4) is 0 Å². The van der Waals surface area contributed by atoms with Crippen LogP contribution in [-0.4, -0.2) is 40.8 Å². The second-order valence-electron chi connectivity index (χ2n) is 6.29. The molecule has 0 radical (unpaired) electrons. The third-order valence-electron chi connectivity index (χ3n) is 4.86. The molecule has 1 aliphatic rings. The summed E-state index contributed by atoms with van der Waals surface area (Å²) in [6.07, 6.45) is 0.794. The van der Waals surface area contributed by atoms with Crippen molar-refractivity contribution >= 4 is 16.8 Å². The van der Waals surface area contributed by atoms with Gasteiger partial charge in [0.1, 0.15) is 5.75 Å². The van der Waals surface area contributed by atoms with Crippen LogP contribution in [0.5, 0.6) is 5.75 Å². The fourth-order valence-electron chi connectivity index (χ4n) is 3.50. The van der Waals surface area contributed by atoms with Gasteiger partial charge in [-0.1, -0.05) is 18.2 Å². The van der Waals surface area contributed by atoms with Crippen LogP contribution in [0.15, 0.2) is 42.5 Å². The molecule has 0 unspecified atom stereocenters. The lowest BCUT2D eigenvalue weighted by Crippen LogP contribution is -2.31. The molecule has 0 N–H and O–H groups in total. The summed E-state index contributed by atoms with van der Waals surface area (Å²) in [5.41, 5.74) is 3.96. The molecule has 128 valence electrons. The maximum absolute atomic E-state index is 12.8. The van der Waals surface area contributed by atoms with Crippen molar-refractivity contribution < 1.29 is 9.53 Å². The van der Waals surface area contributed by atoms with Gasteiger partial charge in [-0.3, -0.25) is 9.48 Å². The Kier molecular flexibility index (Phi) is 3.92. The minimum absolute atomic E-state index is 0.107. The SMILES string of the molecule is CCN1CCc2nn(Cc3ccc(OC)cc3)c3cccc(c23)C1=O. The van der Waals surface area contributed by atoms with Gasteiger partial charge < -0.3 is 9.64 Å². The number of rotatable bonds is 4. The first-order valence-corrected chi connectivity index (χ1v) is 8.62. The number of aromatic nitrogens is 2. The van der Waals surface area contributed by atoms with E-state index in [2.05, 4.69) is 0 Å². The number of hydrogen-bond donors (Lipinski definition) is 0. The van der Waals surface area contributed by atoms with Gasteiger partial charge >= 0.3 is 0 Å². The van der Waals surface area contributed by atoms with Crippen molar-refractivity contribution in [3.05, 3.63) is 59.3 Å². The Balaban J connectivity index is 1.77. The number of benzene rings is 2. The van der Waals surface area contributed by atoms with Gasteiger partial charge in [0, 0.05) is 24.9 Å². The molecule has 4 rings (SSSR count). The van der Waals surface area contributed by atoms with Gasteiger partial charge in [-0.2, -0.15) is 5.10 Å². The van der Waals surface area contributed by atoms with E-state index in [0.29, 0.717) is 6.54 Å². The first kappa shape index (κ1) is 15.7. The molecule has 25 heavy (non-hydrogen) atoms. The smallest absolute Gasteiger partial charge is 0.254 e. The Labute approximate surface area is 146 Å². The van der Waals surface area contributed by atoms with E-state index in [1.807, 2.05) is 59.0 Å². The lowest BCUT2D eigenvalue weighted by molar-refractivity contribution is 0.0771. The summed E-state index contributed by atoms with van der Waals surface area (Å²) in [5, 5.41) is 5.84. The largest absolute Gasteiger partial charge is 0.497 e. The fourth-order valence-corrected chi connectivity index (χ4v) is 3.50. The molecule has 1 aliphatic heterocycles. The van der Waals surface area contributed by atoms with Gasteiger partial charge in [-0.15, -0.1) is 0 Å². The molecule has 0 spiro atoms. The number of likely N-dealkylation sites (N-methyl/N-ethyl adjacent to an activating group) is 1. The van der Waals surface area contributed by atoms with Gasteiger partial charge in [0.15, 0.2) is 0 Å². The number of carbonyl (C=O) groups excluding carboxylic acids is 1. The maximum atomic E-state index is 12.8. The zero-order valence-corrected chi connectivity index (χ0v) is 14.5. The monoisotopic (exact) mass is 335 g/mol. The highest BCUT2D eigenvalue weighted by Crippen LogP contribution is 2.28. The zero-order valence-electron chi connectivity index (χ0n) is 14.5. The summed E-state index contributed by atoms with van der Waals surface area (Å²) >= 11 is 0. The summed E-state index contributed by atoms with van der Waals surface area (Å²) in [5.74, 6) is 0.951. The molecular weight excluding hydrogens is 314 g/mol. The van der Waals surface area contributed by atoms with Crippen molar-refractivity contribution in [3.63, 3.8) is 0 Å². The van der Waals surface area contributed by atoms with E-state index in [1.54, 1.807) is 7.11 Å². The Morgan fingerprint density at radius 1 is 1.16 bits per heavy atom. The van der Waals surface area contributed by atoms with Crippen LogP contribution in [-0.2, 0) is 13.0 Å². The van der Waals surface area contributed by atoms with Gasteiger partial charge in [0.25, 0.3) is 5.91 Å². The highest BCUT2D eigenvalue weighted by atomic mass is 16.5. The number of amides is 1. The van der Waals surface area contributed by atoms with Crippen molar-refractivity contribution in [1.29, 1.82) is 0 Å². The van der Waals surface area contributed by atoms with Gasteiger partial charge in [0.05, 0.1) is 30.4 Å². The Hall–Kier alpha value is -2.82. The van der Waals surface area contributed by atoms with E-state index in [-0.39, 0.29) is 5.91 Å². The molecule has 0 saturated heterocycles. The van der Waals surface area contributed by atoms with Crippen LogP contribution in [0.25, 0.3) is 10.9 Å². The van der Waals surface area contributed by atoms with E-state index < -0.39 is 0 Å². The van der Waals surface area contributed by atoms with E-state index in [4.69, 9.17) is 9.84 Å². The van der Waals surface area contributed by atoms with Crippen molar-refractivity contribution in [2.45, 2.75) is 19.9 Å². The number of nitrogens with zero attached hydrogens (tertiary/aromatic N) is 3. The minimum atomic E-state index is 0.107. The van der Waals surface area contributed by atoms with Crippen molar-refractivity contribution in [1.82, 2.24) is 14.7 Å². The lowest BCUT2D eigenvalue weighted by atomic mass is 10.1. The number of ether oxygens (including phenoxy) is 1. The highest BCUT2D eigenvalue weighted by Gasteiger charge is 2.25. The van der Waals surface area contributed by atoms with E-state index in [9.17, 15) is 4.79 Å². The second kappa shape index (κ2) is 6.24. The molecule has 0 fully saturated rings. The number of methoxy groups -OCH3 is 1. The molecule has 0 saturated carbocycles. The van der Waals surface area contributed by atoms with Crippen molar-refractivity contribution in [2.24, 2.45) is 0 Å². The Bertz CT molecular complexity index is 928. The summed E-state index contributed by atoms with van der Waals surface area (Å²) < 4.78 is 7.22. The molecular formula is C20H21N3O2. The molecule has 2 heterocycles. The molecule has 3 aromatic rings. The summed E-state index contributed by atoms with van der Waals surface area (Å²) in [7, 11) is 1.67. The number of hydrogen-bond acceptors (Lipinski definition) is 3. The molecule has 5 nitrogen and oxygen atoms in total. The van der Waals surface area contributed by atoms with Crippen LogP contribution in [0.1, 0.15) is 28.5 Å². The topological polar surface area (TPSA) is 47.4 Å². The third kappa shape index (κ3) is 2.65. The molecule has 0 aliphatic carbocycles. The first-order chi connectivity index (χ1) is 12.2.